The second-order valence-electron chi connectivity index (χ2n) is 6.20. The maximum absolute atomic E-state index is 11.4. The van der Waals surface area contributed by atoms with Gasteiger partial charge in [0.1, 0.15) is 0 Å². The van der Waals surface area contributed by atoms with Crippen molar-refractivity contribution in [3.05, 3.63) is 35.9 Å². The molecule has 1 aromatic rings. The molecule has 1 aliphatic heterocycles. The molecule has 0 aromatic heterocycles. The number of likely N-dealkylation sites (N-methyl/N-ethyl adjacent to an activating group) is 1. The molecule has 0 spiro atoms. The van der Waals surface area contributed by atoms with E-state index in [-0.39, 0.29) is 5.97 Å². The van der Waals surface area contributed by atoms with Crippen molar-refractivity contribution in [2.24, 2.45) is 0 Å². The van der Waals surface area contributed by atoms with E-state index in [4.69, 9.17) is 4.74 Å². The lowest BCUT2D eigenvalue weighted by atomic mass is 10.2. The summed E-state index contributed by atoms with van der Waals surface area (Å²) in [5, 5.41) is 0. The van der Waals surface area contributed by atoms with Crippen LogP contribution in [0.4, 0.5) is 0 Å². The molecule has 0 radical (unpaired) electrons. The molecule has 1 fully saturated rings. The standard InChI is InChI=1S/C19H30N2O2/c1-3-21(13-8-11-19(22)23-4-2)18-12-14-20(16-18)15-17-9-6-5-7-10-17/h5-7,9-10,18H,3-4,8,11-16H2,1-2H3/t18-/m1/s1. The fraction of sp³-hybridized carbons (Fsp3) is 0.632. The lowest BCUT2D eigenvalue weighted by molar-refractivity contribution is -0.143. The molecule has 0 N–H and O–H groups in total. The van der Waals surface area contributed by atoms with E-state index in [1.807, 2.05) is 6.92 Å². The number of esters is 1. The first kappa shape index (κ1) is 18.0. The molecule has 4 nitrogen and oxygen atoms in total. The lowest BCUT2D eigenvalue weighted by Gasteiger charge is -2.27. The van der Waals surface area contributed by atoms with Crippen LogP contribution in [-0.4, -0.2) is 54.6 Å². The van der Waals surface area contributed by atoms with E-state index >= 15 is 0 Å². The highest BCUT2D eigenvalue weighted by atomic mass is 16.5. The van der Waals surface area contributed by atoms with Crippen molar-refractivity contribution in [1.82, 2.24) is 9.80 Å². The minimum atomic E-state index is -0.0688. The zero-order valence-corrected chi connectivity index (χ0v) is 14.5. The molecule has 1 saturated heterocycles. The van der Waals surface area contributed by atoms with Crippen LogP contribution in [0.3, 0.4) is 0 Å². The summed E-state index contributed by atoms with van der Waals surface area (Å²) in [6.45, 7) is 9.91. The normalized spacial score (nSPS) is 18.5. The smallest absolute Gasteiger partial charge is 0.305 e. The Morgan fingerprint density at radius 1 is 1.30 bits per heavy atom. The summed E-state index contributed by atoms with van der Waals surface area (Å²) in [7, 11) is 0. The summed E-state index contributed by atoms with van der Waals surface area (Å²) in [5.41, 5.74) is 1.39. The van der Waals surface area contributed by atoms with Gasteiger partial charge in [-0.15, -0.1) is 0 Å². The third-order valence-corrected chi connectivity index (χ3v) is 4.55. The largest absolute Gasteiger partial charge is 0.466 e. The number of carbonyl (C=O) groups is 1. The third kappa shape index (κ3) is 5.96. The molecule has 0 aliphatic carbocycles. The lowest BCUT2D eigenvalue weighted by Crippen LogP contribution is -2.38. The van der Waals surface area contributed by atoms with Gasteiger partial charge in [0.25, 0.3) is 0 Å². The molecular weight excluding hydrogens is 288 g/mol. The highest BCUT2D eigenvalue weighted by Gasteiger charge is 2.26. The summed E-state index contributed by atoms with van der Waals surface area (Å²) in [6, 6.07) is 11.3. The van der Waals surface area contributed by atoms with E-state index in [1.54, 1.807) is 0 Å². The van der Waals surface area contributed by atoms with Crippen LogP contribution in [0.25, 0.3) is 0 Å². The molecule has 1 atom stereocenters. The van der Waals surface area contributed by atoms with Crippen LogP contribution < -0.4 is 0 Å². The molecule has 1 heterocycles. The Balaban J connectivity index is 1.73. The molecule has 0 saturated carbocycles. The molecule has 128 valence electrons. The van der Waals surface area contributed by atoms with Crippen molar-refractivity contribution in [1.29, 1.82) is 0 Å². The van der Waals surface area contributed by atoms with Gasteiger partial charge in [0.2, 0.25) is 0 Å². The minimum absolute atomic E-state index is 0.0688. The first-order chi connectivity index (χ1) is 11.2. The quantitative estimate of drug-likeness (QED) is 0.656. The molecule has 1 aromatic carbocycles. The van der Waals surface area contributed by atoms with Crippen LogP contribution >= 0.6 is 0 Å². The van der Waals surface area contributed by atoms with Gasteiger partial charge >= 0.3 is 5.97 Å². The zero-order chi connectivity index (χ0) is 16.5. The molecule has 4 heteroatoms. The molecule has 2 rings (SSSR count). The highest BCUT2D eigenvalue weighted by Crippen LogP contribution is 2.18. The van der Waals surface area contributed by atoms with Crippen LogP contribution in [0.2, 0.25) is 0 Å². The molecule has 23 heavy (non-hydrogen) atoms. The predicted octanol–water partition coefficient (Wildman–Crippen LogP) is 2.93. The molecule has 0 bridgehead atoms. The Morgan fingerprint density at radius 2 is 2.09 bits per heavy atom. The van der Waals surface area contributed by atoms with Gasteiger partial charge in [-0.05, 0) is 38.4 Å². The first-order valence-electron chi connectivity index (χ1n) is 8.88. The summed E-state index contributed by atoms with van der Waals surface area (Å²) in [6.07, 6.45) is 2.65. The van der Waals surface area contributed by atoms with Crippen LogP contribution in [-0.2, 0) is 16.1 Å². The van der Waals surface area contributed by atoms with Crippen molar-refractivity contribution < 1.29 is 9.53 Å². The van der Waals surface area contributed by atoms with Crippen LogP contribution in [0.15, 0.2) is 30.3 Å². The SMILES string of the molecule is CCOC(=O)CCCN(CC)[C@@H]1CCN(Cc2ccccc2)C1. The Kier molecular flexibility index (Phi) is 7.56. The Labute approximate surface area is 140 Å². The summed E-state index contributed by atoms with van der Waals surface area (Å²) in [5.74, 6) is -0.0688. The summed E-state index contributed by atoms with van der Waals surface area (Å²) in [4.78, 5) is 16.5. The minimum Gasteiger partial charge on any atom is -0.466 e. The van der Waals surface area contributed by atoms with Gasteiger partial charge in [-0.1, -0.05) is 37.3 Å². The maximum Gasteiger partial charge on any atom is 0.305 e. The molecule has 1 aliphatic rings. The summed E-state index contributed by atoms with van der Waals surface area (Å²) >= 11 is 0. The Morgan fingerprint density at radius 3 is 2.78 bits per heavy atom. The maximum atomic E-state index is 11.4. The van der Waals surface area contributed by atoms with E-state index < -0.39 is 0 Å². The molecule has 0 amide bonds. The van der Waals surface area contributed by atoms with E-state index in [0.717, 1.165) is 39.1 Å². The van der Waals surface area contributed by atoms with Gasteiger partial charge in [-0.25, -0.2) is 0 Å². The fourth-order valence-corrected chi connectivity index (χ4v) is 3.35. The van der Waals surface area contributed by atoms with Gasteiger partial charge < -0.3 is 4.74 Å². The van der Waals surface area contributed by atoms with Crippen LogP contribution in [0.5, 0.6) is 0 Å². The number of rotatable bonds is 9. The van der Waals surface area contributed by atoms with Gasteiger partial charge in [0.05, 0.1) is 6.61 Å². The van der Waals surface area contributed by atoms with E-state index in [2.05, 4.69) is 47.1 Å². The second kappa shape index (κ2) is 9.68. The zero-order valence-electron chi connectivity index (χ0n) is 14.5. The van der Waals surface area contributed by atoms with Crippen molar-refractivity contribution in [2.75, 3.05) is 32.8 Å². The first-order valence-corrected chi connectivity index (χ1v) is 8.88. The van der Waals surface area contributed by atoms with E-state index in [9.17, 15) is 4.79 Å². The molecular formula is C19H30N2O2. The summed E-state index contributed by atoms with van der Waals surface area (Å²) < 4.78 is 5.00. The Bertz CT molecular complexity index is 464. The monoisotopic (exact) mass is 318 g/mol. The van der Waals surface area contributed by atoms with E-state index in [0.29, 0.717) is 19.1 Å². The molecule has 0 unspecified atom stereocenters. The van der Waals surface area contributed by atoms with Gasteiger partial charge in [0.15, 0.2) is 0 Å². The average molecular weight is 318 g/mol. The number of nitrogens with zero attached hydrogens (tertiary/aromatic N) is 2. The average Bonchev–Trinajstić information content (AvgIpc) is 3.01. The van der Waals surface area contributed by atoms with Crippen molar-refractivity contribution in [3.63, 3.8) is 0 Å². The number of hydrogen-bond donors (Lipinski definition) is 0. The Hall–Kier alpha value is -1.39. The van der Waals surface area contributed by atoms with Crippen LogP contribution in [0, 0.1) is 0 Å². The van der Waals surface area contributed by atoms with Crippen molar-refractivity contribution in [3.8, 4) is 0 Å². The van der Waals surface area contributed by atoms with Crippen molar-refractivity contribution in [2.45, 2.75) is 45.7 Å². The number of ether oxygens (including phenoxy) is 1. The second-order valence-corrected chi connectivity index (χ2v) is 6.20. The number of carbonyl (C=O) groups excluding carboxylic acids is 1. The highest BCUT2D eigenvalue weighted by molar-refractivity contribution is 5.69. The predicted molar refractivity (Wildman–Crippen MR) is 93.2 cm³/mol. The van der Waals surface area contributed by atoms with E-state index in [1.165, 1.54) is 12.0 Å². The van der Waals surface area contributed by atoms with Crippen molar-refractivity contribution >= 4 is 5.97 Å². The topological polar surface area (TPSA) is 32.8 Å². The number of likely N-dealkylation sites (tertiary alicyclic amines) is 1. The van der Waals surface area contributed by atoms with Gasteiger partial charge in [-0.3, -0.25) is 14.6 Å². The van der Waals surface area contributed by atoms with Gasteiger partial charge in [0, 0.05) is 32.1 Å². The van der Waals surface area contributed by atoms with Crippen LogP contribution in [0.1, 0.15) is 38.7 Å². The third-order valence-electron chi connectivity index (χ3n) is 4.55. The fourth-order valence-electron chi connectivity index (χ4n) is 3.35. The van der Waals surface area contributed by atoms with Gasteiger partial charge in [-0.2, -0.15) is 0 Å². The number of hydrogen-bond acceptors (Lipinski definition) is 4. The number of benzene rings is 1.